The molecule has 0 aromatic carbocycles. The number of Topliss-reactive ketones (excluding diaryl/α,β-unsaturated/α-hetero) is 1. The number of carbonyl (C=O) groups excluding carboxylic acids is 1. The zero-order valence-electron chi connectivity index (χ0n) is 9.19. The van der Waals surface area contributed by atoms with Gasteiger partial charge in [0.05, 0.1) is 18.8 Å². The van der Waals surface area contributed by atoms with Crippen LogP contribution in [0.2, 0.25) is 0 Å². The van der Waals surface area contributed by atoms with Crippen molar-refractivity contribution in [3.63, 3.8) is 0 Å². The molecule has 1 heterocycles. The lowest BCUT2D eigenvalue weighted by Gasteiger charge is -2.19. The summed E-state index contributed by atoms with van der Waals surface area (Å²) in [5.41, 5.74) is 0. The maximum atomic E-state index is 11.3. The number of rotatable bonds is 4. The summed E-state index contributed by atoms with van der Waals surface area (Å²) in [5.74, 6) is 0.565. The Morgan fingerprint density at radius 3 is 2.64 bits per heavy atom. The van der Waals surface area contributed by atoms with Gasteiger partial charge < -0.3 is 9.84 Å². The second-order valence-corrected chi connectivity index (χ2v) is 4.23. The van der Waals surface area contributed by atoms with Crippen molar-refractivity contribution < 1.29 is 14.6 Å². The minimum Gasteiger partial charge on any atom is -0.394 e. The summed E-state index contributed by atoms with van der Waals surface area (Å²) in [6.07, 6.45) is 1.66. The molecule has 3 nitrogen and oxygen atoms in total. The van der Waals surface area contributed by atoms with E-state index in [0.717, 1.165) is 12.8 Å². The van der Waals surface area contributed by atoms with Crippen LogP contribution in [0.25, 0.3) is 0 Å². The van der Waals surface area contributed by atoms with Gasteiger partial charge in [-0.15, -0.1) is 0 Å². The Hall–Kier alpha value is -0.410. The molecule has 1 rings (SSSR count). The minimum absolute atomic E-state index is 0.00833. The second-order valence-electron chi connectivity index (χ2n) is 4.23. The van der Waals surface area contributed by atoms with Gasteiger partial charge in [0.2, 0.25) is 0 Å². The molecule has 4 atom stereocenters. The van der Waals surface area contributed by atoms with E-state index in [1.807, 2.05) is 6.92 Å². The third-order valence-electron chi connectivity index (χ3n) is 3.18. The molecule has 0 radical (unpaired) electrons. The lowest BCUT2D eigenvalue weighted by molar-refractivity contribution is -0.126. The van der Waals surface area contributed by atoms with Crippen LogP contribution in [0.4, 0.5) is 0 Å². The van der Waals surface area contributed by atoms with E-state index in [9.17, 15) is 4.79 Å². The minimum atomic E-state index is -0.0756. The van der Waals surface area contributed by atoms with Gasteiger partial charge in [-0.1, -0.05) is 13.8 Å². The van der Waals surface area contributed by atoms with Crippen molar-refractivity contribution in [1.29, 1.82) is 0 Å². The Balaban J connectivity index is 2.58. The Morgan fingerprint density at radius 1 is 1.64 bits per heavy atom. The van der Waals surface area contributed by atoms with Crippen molar-refractivity contribution in [1.82, 2.24) is 0 Å². The molecular weight excluding hydrogens is 180 g/mol. The topological polar surface area (TPSA) is 46.5 Å². The SMILES string of the molecule is CCC(C(C)=O)C1CC(C)C(CO)O1. The summed E-state index contributed by atoms with van der Waals surface area (Å²) in [7, 11) is 0. The first-order valence-corrected chi connectivity index (χ1v) is 5.36. The number of ether oxygens (including phenoxy) is 1. The number of aliphatic hydroxyl groups excluding tert-OH is 1. The highest BCUT2D eigenvalue weighted by molar-refractivity contribution is 5.78. The van der Waals surface area contributed by atoms with E-state index in [-0.39, 0.29) is 30.5 Å². The zero-order valence-corrected chi connectivity index (χ0v) is 9.19. The number of ketones is 1. The molecular formula is C11H20O3. The summed E-state index contributed by atoms with van der Waals surface area (Å²) in [5, 5.41) is 9.04. The van der Waals surface area contributed by atoms with Gasteiger partial charge in [0, 0.05) is 5.92 Å². The third-order valence-corrected chi connectivity index (χ3v) is 3.18. The Kier molecular flexibility index (Phi) is 4.08. The number of aliphatic hydroxyl groups is 1. The average Bonchev–Trinajstić information content (AvgIpc) is 2.47. The van der Waals surface area contributed by atoms with Crippen molar-refractivity contribution in [2.75, 3.05) is 6.61 Å². The summed E-state index contributed by atoms with van der Waals surface area (Å²) >= 11 is 0. The maximum Gasteiger partial charge on any atom is 0.135 e. The average molecular weight is 200 g/mol. The fourth-order valence-electron chi connectivity index (χ4n) is 2.23. The van der Waals surface area contributed by atoms with Crippen LogP contribution in [0, 0.1) is 11.8 Å². The Labute approximate surface area is 85.5 Å². The summed E-state index contributed by atoms with van der Waals surface area (Å²) in [6.45, 7) is 5.75. The van der Waals surface area contributed by atoms with E-state index in [0.29, 0.717) is 5.92 Å². The summed E-state index contributed by atoms with van der Waals surface area (Å²) < 4.78 is 5.67. The van der Waals surface area contributed by atoms with Crippen LogP contribution in [0.1, 0.15) is 33.6 Å². The fraction of sp³-hybridized carbons (Fsp3) is 0.909. The molecule has 14 heavy (non-hydrogen) atoms. The predicted molar refractivity (Wildman–Crippen MR) is 54.0 cm³/mol. The molecule has 3 heteroatoms. The molecule has 82 valence electrons. The molecule has 0 saturated carbocycles. The van der Waals surface area contributed by atoms with Crippen LogP contribution in [0.3, 0.4) is 0 Å². The Bertz CT molecular complexity index is 203. The molecule has 0 aromatic rings. The van der Waals surface area contributed by atoms with Gasteiger partial charge >= 0.3 is 0 Å². The molecule has 0 amide bonds. The summed E-state index contributed by atoms with van der Waals surface area (Å²) in [4.78, 5) is 11.3. The van der Waals surface area contributed by atoms with Crippen LogP contribution >= 0.6 is 0 Å². The van der Waals surface area contributed by atoms with Crippen LogP contribution in [0.15, 0.2) is 0 Å². The van der Waals surface area contributed by atoms with E-state index < -0.39 is 0 Å². The normalized spacial score (nSPS) is 34.4. The van der Waals surface area contributed by atoms with E-state index >= 15 is 0 Å². The van der Waals surface area contributed by atoms with Crippen LogP contribution < -0.4 is 0 Å². The number of carbonyl (C=O) groups is 1. The first kappa shape index (κ1) is 11.7. The molecule has 1 saturated heterocycles. The van der Waals surface area contributed by atoms with E-state index in [4.69, 9.17) is 9.84 Å². The third kappa shape index (κ3) is 2.34. The molecule has 1 aliphatic rings. The monoisotopic (exact) mass is 200 g/mol. The van der Waals surface area contributed by atoms with Gasteiger partial charge in [0.1, 0.15) is 5.78 Å². The standard InChI is InChI=1S/C11H20O3/c1-4-9(8(3)13)10-5-7(2)11(6-12)14-10/h7,9-12H,4-6H2,1-3H3. The van der Waals surface area contributed by atoms with Crippen molar-refractivity contribution in [2.24, 2.45) is 11.8 Å². The first-order valence-electron chi connectivity index (χ1n) is 5.36. The molecule has 0 aliphatic carbocycles. The largest absolute Gasteiger partial charge is 0.394 e. The lowest BCUT2D eigenvalue weighted by atomic mass is 9.90. The predicted octanol–water partition coefficient (Wildman–Crippen LogP) is 1.39. The van der Waals surface area contributed by atoms with Crippen molar-refractivity contribution >= 4 is 5.78 Å². The number of hydrogen-bond donors (Lipinski definition) is 1. The van der Waals surface area contributed by atoms with Gasteiger partial charge in [-0.2, -0.15) is 0 Å². The molecule has 4 unspecified atom stereocenters. The van der Waals surface area contributed by atoms with Crippen LogP contribution in [-0.4, -0.2) is 29.7 Å². The maximum absolute atomic E-state index is 11.3. The highest BCUT2D eigenvalue weighted by Gasteiger charge is 2.37. The van der Waals surface area contributed by atoms with Crippen molar-refractivity contribution in [2.45, 2.75) is 45.8 Å². The van der Waals surface area contributed by atoms with Gasteiger partial charge in [-0.25, -0.2) is 0 Å². The van der Waals surface area contributed by atoms with Gasteiger partial charge in [0.15, 0.2) is 0 Å². The number of hydrogen-bond acceptors (Lipinski definition) is 3. The smallest absolute Gasteiger partial charge is 0.135 e. The fourth-order valence-corrected chi connectivity index (χ4v) is 2.23. The second kappa shape index (κ2) is 4.89. The highest BCUT2D eigenvalue weighted by Crippen LogP contribution is 2.31. The zero-order chi connectivity index (χ0) is 10.7. The molecule has 1 N–H and O–H groups in total. The molecule has 1 aliphatic heterocycles. The van der Waals surface area contributed by atoms with E-state index in [1.165, 1.54) is 0 Å². The highest BCUT2D eigenvalue weighted by atomic mass is 16.5. The van der Waals surface area contributed by atoms with Gasteiger partial charge in [-0.3, -0.25) is 4.79 Å². The molecule has 1 fully saturated rings. The van der Waals surface area contributed by atoms with Gasteiger partial charge in [0.25, 0.3) is 0 Å². The molecule has 0 bridgehead atoms. The first-order chi connectivity index (χ1) is 6.60. The Morgan fingerprint density at radius 2 is 2.29 bits per heavy atom. The summed E-state index contributed by atoms with van der Waals surface area (Å²) in [6, 6.07) is 0. The quantitative estimate of drug-likeness (QED) is 0.746. The van der Waals surface area contributed by atoms with Crippen LogP contribution in [0.5, 0.6) is 0 Å². The van der Waals surface area contributed by atoms with Crippen LogP contribution in [-0.2, 0) is 9.53 Å². The molecule has 0 aromatic heterocycles. The lowest BCUT2D eigenvalue weighted by Crippen LogP contribution is -2.27. The van der Waals surface area contributed by atoms with Crippen molar-refractivity contribution in [3.8, 4) is 0 Å². The molecule has 0 spiro atoms. The van der Waals surface area contributed by atoms with Crippen molar-refractivity contribution in [3.05, 3.63) is 0 Å². The van der Waals surface area contributed by atoms with E-state index in [1.54, 1.807) is 6.92 Å². The van der Waals surface area contributed by atoms with Gasteiger partial charge in [-0.05, 0) is 25.7 Å². The van der Waals surface area contributed by atoms with E-state index in [2.05, 4.69) is 6.92 Å².